The average molecular weight is 525 g/mol. The third-order valence-electron chi connectivity index (χ3n) is 5.80. The van der Waals surface area contributed by atoms with E-state index < -0.39 is 6.10 Å². The Labute approximate surface area is 230 Å². The van der Waals surface area contributed by atoms with E-state index in [9.17, 15) is 14.7 Å². The molecule has 210 valence electrons. The van der Waals surface area contributed by atoms with Crippen molar-refractivity contribution in [3.8, 4) is 0 Å². The molecule has 0 saturated carbocycles. The lowest BCUT2D eigenvalue weighted by atomic mass is 10.0. The Morgan fingerprint density at radius 2 is 1.66 bits per heavy atom. The first-order valence-electron chi connectivity index (χ1n) is 13.6. The van der Waals surface area contributed by atoms with Crippen LogP contribution < -0.4 is 5.32 Å². The van der Waals surface area contributed by atoms with Crippen molar-refractivity contribution in [2.24, 2.45) is 10.9 Å². The van der Waals surface area contributed by atoms with Crippen LogP contribution in [0, 0.1) is 5.92 Å². The molecule has 0 aliphatic carbocycles. The summed E-state index contributed by atoms with van der Waals surface area (Å²) in [6.45, 7) is 8.96. The van der Waals surface area contributed by atoms with Gasteiger partial charge in [-0.15, -0.1) is 0 Å². The first kappa shape index (κ1) is 34.9. The third-order valence-corrected chi connectivity index (χ3v) is 5.80. The molecule has 0 spiro atoms. The number of rotatable bonds is 14. The monoisotopic (exact) mass is 524 g/mol. The number of nitrogens with one attached hydrogen (secondary N) is 1. The molecule has 0 aliphatic heterocycles. The zero-order valence-corrected chi connectivity index (χ0v) is 24.2. The molecule has 0 heterocycles. The van der Waals surface area contributed by atoms with Crippen LogP contribution in [0.1, 0.15) is 70.1 Å². The fourth-order valence-electron chi connectivity index (χ4n) is 3.32. The van der Waals surface area contributed by atoms with Crippen LogP contribution in [0.15, 0.2) is 71.7 Å². The molecule has 2 N–H and O–H groups in total. The topological polar surface area (TPSA) is 88.0 Å². The number of ether oxygens (including phenoxy) is 1. The molecule has 0 aromatic heterocycles. The Morgan fingerprint density at radius 1 is 1.03 bits per heavy atom. The van der Waals surface area contributed by atoms with Gasteiger partial charge in [0.1, 0.15) is 6.29 Å². The number of amides is 1. The molecule has 38 heavy (non-hydrogen) atoms. The molecule has 0 radical (unpaired) electrons. The lowest BCUT2D eigenvalue weighted by Crippen LogP contribution is -2.23. The molecule has 0 saturated heterocycles. The second-order valence-corrected chi connectivity index (χ2v) is 8.49. The van der Waals surface area contributed by atoms with Crippen LogP contribution in [0.3, 0.4) is 0 Å². The molecule has 0 bridgehead atoms. The zero-order valence-electron chi connectivity index (χ0n) is 24.2. The first-order valence-corrected chi connectivity index (χ1v) is 13.6. The van der Waals surface area contributed by atoms with Crippen LogP contribution in [-0.2, 0) is 27.3 Å². The van der Waals surface area contributed by atoms with Crippen molar-refractivity contribution < 1.29 is 19.4 Å². The lowest BCUT2D eigenvalue weighted by Gasteiger charge is -2.08. The summed E-state index contributed by atoms with van der Waals surface area (Å²) in [4.78, 5) is 25.9. The normalized spacial score (nSPS) is 11.7. The highest BCUT2D eigenvalue weighted by molar-refractivity contribution is 6.08. The number of nitrogens with zero attached hydrogens (tertiary/aromatic N) is 1. The number of aryl methyl sites for hydroxylation is 1. The van der Waals surface area contributed by atoms with E-state index in [1.807, 2.05) is 76.2 Å². The average Bonchev–Trinajstić information content (AvgIpc) is 2.97. The zero-order chi connectivity index (χ0) is 28.6. The molecule has 6 nitrogen and oxygen atoms in total. The van der Waals surface area contributed by atoms with E-state index in [4.69, 9.17) is 4.74 Å². The van der Waals surface area contributed by atoms with Crippen molar-refractivity contribution in [2.75, 3.05) is 20.8 Å². The predicted octanol–water partition coefficient (Wildman–Crippen LogP) is 5.96. The van der Waals surface area contributed by atoms with Crippen LogP contribution in [0.5, 0.6) is 0 Å². The van der Waals surface area contributed by atoms with E-state index in [2.05, 4.69) is 22.4 Å². The Balaban J connectivity index is 0.00000132. The molecule has 1 unspecified atom stereocenters. The van der Waals surface area contributed by atoms with Crippen molar-refractivity contribution in [3.63, 3.8) is 0 Å². The van der Waals surface area contributed by atoms with Crippen molar-refractivity contribution in [2.45, 2.75) is 72.4 Å². The SMILES string of the molecule is CC.CCC(C=O)CC.CN=C(/C=C\C(O)CCc1ccccc1)c1ccc(CNC(=O)CCOC)cc1. The van der Waals surface area contributed by atoms with Gasteiger partial charge in [-0.1, -0.05) is 88.4 Å². The summed E-state index contributed by atoms with van der Waals surface area (Å²) in [5.74, 6) is 0.277. The van der Waals surface area contributed by atoms with E-state index >= 15 is 0 Å². The quantitative estimate of drug-likeness (QED) is 0.236. The third kappa shape index (κ3) is 15.9. The highest BCUT2D eigenvalue weighted by Crippen LogP contribution is 2.09. The number of aliphatic hydroxyl groups is 1. The molecule has 0 fully saturated rings. The smallest absolute Gasteiger partial charge is 0.222 e. The second kappa shape index (κ2) is 23.1. The molecule has 2 rings (SSSR count). The lowest BCUT2D eigenvalue weighted by molar-refractivity contribution is -0.122. The van der Waals surface area contributed by atoms with E-state index in [1.165, 1.54) is 5.56 Å². The number of hydrogen-bond donors (Lipinski definition) is 2. The van der Waals surface area contributed by atoms with Crippen LogP contribution in [0.2, 0.25) is 0 Å². The van der Waals surface area contributed by atoms with Gasteiger partial charge in [0.15, 0.2) is 0 Å². The van der Waals surface area contributed by atoms with Crippen molar-refractivity contribution in [1.82, 2.24) is 5.32 Å². The van der Waals surface area contributed by atoms with E-state index in [1.54, 1.807) is 20.2 Å². The minimum Gasteiger partial charge on any atom is -0.389 e. The first-order chi connectivity index (χ1) is 18.5. The highest BCUT2D eigenvalue weighted by Gasteiger charge is 2.05. The molecule has 6 heteroatoms. The molecule has 2 aromatic rings. The maximum Gasteiger partial charge on any atom is 0.222 e. The van der Waals surface area contributed by atoms with E-state index in [0.29, 0.717) is 31.9 Å². The maximum absolute atomic E-state index is 11.6. The number of aldehydes is 1. The van der Waals surface area contributed by atoms with Gasteiger partial charge < -0.3 is 20.0 Å². The predicted molar refractivity (Wildman–Crippen MR) is 159 cm³/mol. The molecule has 0 aliphatic rings. The molecule has 2 aromatic carbocycles. The van der Waals surface area contributed by atoms with Gasteiger partial charge in [-0.2, -0.15) is 0 Å². The Hall–Kier alpha value is -3.09. The Bertz CT molecular complexity index is 920. The van der Waals surface area contributed by atoms with Gasteiger partial charge in [0.25, 0.3) is 0 Å². The van der Waals surface area contributed by atoms with Crippen LogP contribution in [0.4, 0.5) is 0 Å². The summed E-state index contributed by atoms with van der Waals surface area (Å²) >= 11 is 0. The number of benzene rings is 2. The van der Waals surface area contributed by atoms with Crippen molar-refractivity contribution in [1.29, 1.82) is 0 Å². The largest absolute Gasteiger partial charge is 0.389 e. The number of aliphatic hydroxyl groups excluding tert-OH is 1. The van der Waals surface area contributed by atoms with E-state index in [-0.39, 0.29) is 5.91 Å². The van der Waals surface area contributed by atoms with E-state index in [0.717, 1.165) is 42.4 Å². The highest BCUT2D eigenvalue weighted by atomic mass is 16.5. The molecule has 1 atom stereocenters. The van der Waals surface area contributed by atoms with Crippen molar-refractivity contribution in [3.05, 3.63) is 83.4 Å². The Kier molecular flexibility index (Phi) is 21.2. The standard InChI is InChI=1S/C24H30N2O3.C6H12O.C2H6/c1-25-23(15-14-22(27)13-10-19-6-4-3-5-7-19)21-11-8-20(9-12-21)18-26-24(28)16-17-29-2;1-3-6(4-2)5-7;1-2/h3-9,11-12,14-15,22,27H,10,13,16-18H2,1-2H3,(H,26,28);5-6H,3-4H2,1-2H3;1-2H3/b15-14-,25-23?;;. The van der Waals surface area contributed by atoms with Gasteiger partial charge in [-0.25, -0.2) is 0 Å². The van der Waals surface area contributed by atoms with Crippen LogP contribution in [0.25, 0.3) is 0 Å². The van der Waals surface area contributed by atoms with Crippen LogP contribution in [-0.4, -0.2) is 49.9 Å². The van der Waals surface area contributed by atoms with Gasteiger partial charge in [0.05, 0.1) is 18.4 Å². The second-order valence-electron chi connectivity index (χ2n) is 8.49. The number of hydrogen-bond acceptors (Lipinski definition) is 5. The van der Waals surface area contributed by atoms with Crippen LogP contribution >= 0.6 is 0 Å². The van der Waals surface area contributed by atoms with Gasteiger partial charge in [-0.3, -0.25) is 9.79 Å². The number of methoxy groups -OCH3 is 1. The van der Waals surface area contributed by atoms with Crippen molar-refractivity contribution >= 4 is 17.9 Å². The summed E-state index contributed by atoms with van der Waals surface area (Å²) in [7, 11) is 3.32. The molecular formula is C32H48N2O4. The van der Waals surface area contributed by atoms with Gasteiger partial charge in [-0.05, 0) is 48.4 Å². The number of carbonyl (C=O) groups excluding carboxylic acids is 2. The summed E-state index contributed by atoms with van der Waals surface area (Å²) < 4.78 is 4.90. The maximum atomic E-state index is 11.6. The summed E-state index contributed by atoms with van der Waals surface area (Å²) in [6.07, 6.45) is 7.98. The van der Waals surface area contributed by atoms with Gasteiger partial charge >= 0.3 is 0 Å². The van der Waals surface area contributed by atoms with Gasteiger partial charge in [0, 0.05) is 33.0 Å². The number of aliphatic imine (C=N–C) groups is 1. The fourth-order valence-corrected chi connectivity index (χ4v) is 3.32. The molecular weight excluding hydrogens is 476 g/mol. The molecule has 1 amide bonds. The summed E-state index contributed by atoms with van der Waals surface area (Å²) in [5, 5.41) is 13.1. The number of carbonyl (C=O) groups is 2. The minimum atomic E-state index is -0.520. The fraction of sp³-hybridized carbons (Fsp3) is 0.469. The Morgan fingerprint density at radius 3 is 2.16 bits per heavy atom. The summed E-state index contributed by atoms with van der Waals surface area (Å²) in [5.41, 5.74) is 4.00. The van der Waals surface area contributed by atoms with Gasteiger partial charge in [0.2, 0.25) is 5.91 Å². The summed E-state index contributed by atoms with van der Waals surface area (Å²) in [6, 6.07) is 18.0. The number of allylic oxidation sites excluding steroid dienone is 1. The minimum absolute atomic E-state index is 0.0286.